The van der Waals surface area contributed by atoms with Crippen molar-refractivity contribution >= 4 is 11.6 Å². The van der Waals surface area contributed by atoms with E-state index in [2.05, 4.69) is 10.4 Å². The zero-order valence-corrected chi connectivity index (χ0v) is 15.5. The number of rotatable bonds is 4. The molecule has 1 heterocycles. The number of hydrogen-bond acceptors (Lipinski definition) is 3. The molecule has 5 nitrogen and oxygen atoms in total. The fourth-order valence-electron chi connectivity index (χ4n) is 2.83. The van der Waals surface area contributed by atoms with E-state index in [1.807, 2.05) is 0 Å². The van der Waals surface area contributed by atoms with Crippen LogP contribution in [-0.4, -0.2) is 15.7 Å². The lowest BCUT2D eigenvalue weighted by molar-refractivity contribution is -0.138. The molecule has 0 aliphatic heterocycles. The summed E-state index contributed by atoms with van der Waals surface area (Å²) in [6.07, 6.45) is -4.53. The minimum atomic E-state index is -4.53. The molecule has 3 rings (SSSR count). The first-order valence-corrected chi connectivity index (χ1v) is 8.42. The van der Waals surface area contributed by atoms with Crippen LogP contribution in [0.25, 0.3) is 0 Å². The first-order chi connectivity index (χ1) is 13.2. The fraction of sp³-hybridized carbons (Fsp3) is 0.200. The number of amides is 1. The summed E-state index contributed by atoms with van der Waals surface area (Å²) in [5.41, 5.74) is 1.43. The molecule has 0 fully saturated rings. The van der Waals surface area contributed by atoms with Crippen molar-refractivity contribution in [2.24, 2.45) is 7.05 Å². The van der Waals surface area contributed by atoms with E-state index in [0.29, 0.717) is 11.4 Å². The topological polar surface area (TPSA) is 56.2 Å². The van der Waals surface area contributed by atoms with Gasteiger partial charge < -0.3 is 10.1 Å². The van der Waals surface area contributed by atoms with Gasteiger partial charge in [0.05, 0.1) is 11.3 Å². The smallest absolute Gasteiger partial charge is 0.419 e. The number of carbonyl (C=O) groups excluding carboxylic acids is 1. The Kier molecular flexibility index (Phi) is 5.13. The molecule has 8 heteroatoms. The molecular weight excluding hydrogens is 371 g/mol. The number of aromatic nitrogens is 2. The highest BCUT2D eigenvalue weighted by molar-refractivity contribution is 6.04. The summed E-state index contributed by atoms with van der Waals surface area (Å²) in [5, 5.41) is 6.93. The average Bonchev–Trinajstić information content (AvgIpc) is 2.87. The summed E-state index contributed by atoms with van der Waals surface area (Å²) < 4.78 is 46.3. The lowest BCUT2D eigenvalue weighted by atomic mass is 10.2. The van der Waals surface area contributed by atoms with Gasteiger partial charge in [-0.3, -0.25) is 9.48 Å². The van der Waals surface area contributed by atoms with Crippen LogP contribution in [0, 0.1) is 13.8 Å². The van der Waals surface area contributed by atoms with Gasteiger partial charge in [-0.15, -0.1) is 0 Å². The van der Waals surface area contributed by atoms with Gasteiger partial charge in [0.25, 0.3) is 5.91 Å². The number of benzene rings is 2. The standard InChI is InChI=1S/C20H18F3N3O2/c1-12-13(2)25-26(3)18(12)19(27)24-14-7-6-8-15(11-14)28-17-10-5-4-9-16(17)20(21,22)23/h4-11H,1-3H3,(H,24,27). The molecule has 28 heavy (non-hydrogen) atoms. The Labute approximate surface area is 159 Å². The first kappa shape index (κ1) is 19.5. The van der Waals surface area contributed by atoms with Crippen LogP contribution in [0.2, 0.25) is 0 Å². The van der Waals surface area contributed by atoms with E-state index >= 15 is 0 Å². The molecule has 0 aliphatic rings. The molecule has 0 unspecified atom stereocenters. The third-order valence-corrected chi connectivity index (χ3v) is 4.25. The quantitative estimate of drug-likeness (QED) is 0.675. The maximum atomic E-state index is 13.1. The zero-order chi connectivity index (χ0) is 20.5. The molecule has 0 spiro atoms. The molecule has 146 valence electrons. The normalized spacial score (nSPS) is 11.4. The number of nitrogens with one attached hydrogen (secondary N) is 1. The second-order valence-corrected chi connectivity index (χ2v) is 6.26. The van der Waals surface area contributed by atoms with Crippen molar-refractivity contribution in [2.45, 2.75) is 20.0 Å². The fourth-order valence-corrected chi connectivity index (χ4v) is 2.83. The van der Waals surface area contributed by atoms with E-state index in [1.54, 1.807) is 33.0 Å². The highest BCUT2D eigenvalue weighted by atomic mass is 19.4. The Morgan fingerprint density at radius 2 is 1.82 bits per heavy atom. The summed E-state index contributed by atoms with van der Waals surface area (Å²) >= 11 is 0. The van der Waals surface area contributed by atoms with E-state index in [9.17, 15) is 18.0 Å². The van der Waals surface area contributed by atoms with Crippen molar-refractivity contribution in [3.63, 3.8) is 0 Å². The Morgan fingerprint density at radius 1 is 1.11 bits per heavy atom. The first-order valence-electron chi connectivity index (χ1n) is 8.42. The average molecular weight is 389 g/mol. The van der Waals surface area contributed by atoms with E-state index < -0.39 is 11.7 Å². The Morgan fingerprint density at radius 3 is 2.46 bits per heavy atom. The lowest BCUT2D eigenvalue weighted by Gasteiger charge is -2.14. The van der Waals surface area contributed by atoms with E-state index in [-0.39, 0.29) is 17.4 Å². The Bertz CT molecular complexity index is 1030. The van der Waals surface area contributed by atoms with Gasteiger partial charge in [0.2, 0.25) is 0 Å². The molecule has 0 saturated heterocycles. The number of hydrogen-bond donors (Lipinski definition) is 1. The highest BCUT2D eigenvalue weighted by Gasteiger charge is 2.34. The molecule has 1 N–H and O–H groups in total. The van der Waals surface area contributed by atoms with Crippen molar-refractivity contribution in [3.8, 4) is 11.5 Å². The number of para-hydroxylation sites is 1. The lowest BCUT2D eigenvalue weighted by Crippen LogP contribution is -2.17. The molecule has 2 aromatic carbocycles. The Balaban J connectivity index is 1.83. The van der Waals surface area contributed by atoms with Gasteiger partial charge in [-0.2, -0.15) is 18.3 Å². The molecule has 0 radical (unpaired) electrons. The minimum absolute atomic E-state index is 0.174. The summed E-state index contributed by atoms with van der Waals surface area (Å²) in [6.45, 7) is 3.60. The van der Waals surface area contributed by atoms with Gasteiger partial charge in [-0.1, -0.05) is 18.2 Å². The number of anilines is 1. The van der Waals surface area contributed by atoms with Gasteiger partial charge in [-0.05, 0) is 38.1 Å². The monoisotopic (exact) mass is 389 g/mol. The summed E-state index contributed by atoms with van der Waals surface area (Å²) in [7, 11) is 1.67. The number of halogens is 3. The van der Waals surface area contributed by atoms with Crippen LogP contribution >= 0.6 is 0 Å². The van der Waals surface area contributed by atoms with Crippen molar-refractivity contribution in [3.05, 3.63) is 71.0 Å². The van der Waals surface area contributed by atoms with Crippen LogP contribution in [0.5, 0.6) is 11.5 Å². The Hall–Kier alpha value is -3.29. The van der Waals surface area contributed by atoms with Crippen LogP contribution in [0.1, 0.15) is 27.3 Å². The molecule has 3 aromatic rings. The summed E-state index contributed by atoms with van der Waals surface area (Å²) in [6, 6.07) is 11.1. The van der Waals surface area contributed by atoms with Crippen molar-refractivity contribution in [1.82, 2.24) is 9.78 Å². The second-order valence-electron chi connectivity index (χ2n) is 6.26. The third kappa shape index (κ3) is 4.00. The van der Waals surface area contributed by atoms with E-state index in [1.165, 1.54) is 35.0 Å². The number of alkyl halides is 3. The maximum absolute atomic E-state index is 13.1. The maximum Gasteiger partial charge on any atom is 0.419 e. The molecular formula is C20H18F3N3O2. The van der Waals surface area contributed by atoms with Crippen LogP contribution in [0.4, 0.5) is 18.9 Å². The van der Waals surface area contributed by atoms with E-state index in [0.717, 1.165) is 17.3 Å². The van der Waals surface area contributed by atoms with Crippen molar-refractivity contribution in [2.75, 3.05) is 5.32 Å². The second kappa shape index (κ2) is 7.38. The van der Waals surface area contributed by atoms with Crippen LogP contribution in [0.15, 0.2) is 48.5 Å². The van der Waals surface area contributed by atoms with Gasteiger partial charge in [-0.25, -0.2) is 0 Å². The zero-order valence-electron chi connectivity index (χ0n) is 15.5. The number of nitrogens with zero attached hydrogens (tertiary/aromatic N) is 2. The van der Waals surface area contributed by atoms with Crippen molar-refractivity contribution < 1.29 is 22.7 Å². The van der Waals surface area contributed by atoms with Gasteiger partial charge in [0, 0.05) is 24.4 Å². The predicted molar refractivity (Wildman–Crippen MR) is 98.6 cm³/mol. The summed E-state index contributed by atoms with van der Waals surface area (Å²) in [5.74, 6) is -0.502. The van der Waals surface area contributed by atoms with Gasteiger partial charge in [0.1, 0.15) is 17.2 Å². The largest absolute Gasteiger partial charge is 0.457 e. The van der Waals surface area contributed by atoms with Crippen LogP contribution in [-0.2, 0) is 13.2 Å². The number of ether oxygens (including phenoxy) is 1. The highest BCUT2D eigenvalue weighted by Crippen LogP contribution is 2.38. The number of aryl methyl sites for hydroxylation is 2. The van der Waals surface area contributed by atoms with Gasteiger partial charge in [0.15, 0.2) is 0 Å². The molecule has 1 amide bonds. The molecule has 0 atom stereocenters. The molecule has 0 aliphatic carbocycles. The minimum Gasteiger partial charge on any atom is -0.457 e. The van der Waals surface area contributed by atoms with E-state index in [4.69, 9.17) is 4.74 Å². The SMILES string of the molecule is Cc1nn(C)c(C(=O)Nc2cccc(Oc3ccccc3C(F)(F)F)c2)c1C. The molecule has 1 aromatic heterocycles. The predicted octanol–water partition coefficient (Wildman–Crippen LogP) is 5.10. The van der Waals surface area contributed by atoms with Crippen LogP contribution < -0.4 is 10.1 Å². The van der Waals surface area contributed by atoms with Gasteiger partial charge >= 0.3 is 6.18 Å². The van der Waals surface area contributed by atoms with Crippen molar-refractivity contribution in [1.29, 1.82) is 0 Å². The summed E-state index contributed by atoms with van der Waals surface area (Å²) in [4.78, 5) is 12.6. The molecule has 0 saturated carbocycles. The molecule has 0 bridgehead atoms. The van der Waals surface area contributed by atoms with Crippen LogP contribution in [0.3, 0.4) is 0 Å². The number of carbonyl (C=O) groups is 1. The third-order valence-electron chi connectivity index (χ3n) is 4.25.